The molecule has 1 aliphatic heterocycles. The molecule has 1 aromatic carbocycles. The van der Waals surface area contributed by atoms with Crippen molar-refractivity contribution in [1.82, 2.24) is 9.88 Å². The minimum atomic E-state index is -0.305. The molecule has 0 radical (unpaired) electrons. The van der Waals surface area contributed by atoms with Crippen molar-refractivity contribution in [2.24, 2.45) is 11.8 Å². The van der Waals surface area contributed by atoms with Crippen LogP contribution in [0.1, 0.15) is 43.1 Å². The first-order valence-corrected chi connectivity index (χ1v) is 9.14. The van der Waals surface area contributed by atoms with E-state index >= 15 is 0 Å². The summed E-state index contributed by atoms with van der Waals surface area (Å²) in [4.78, 5) is 18.6. The fraction of sp³-hybridized carbons (Fsp3) is 0.500. The number of aliphatic hydroxyl groups excluding tert-OH is 1. The molecule has 1 aromatic heterocycles. The van der Waals surface area contributed by atoms with Crippen molar-refractivity contribution in [3.05, 3.63) is 48.2 Å². The second-order valence-electron chi connectivity index (χ2n) is 7.09. The third-order valence-corrected chi connectivity index (χ3v) is 4.87. The van der Waals surface area contributed by atoms with Crippen LogP contribution < -0.4 is 4.74 Å². The summed E-state index contributed by atoms with van der Waals surface area (Å²) < 4.78 is 10.9. The predicted molar refractivity (Wildman–Crippen MR) is 96.7 cm³/mol. The number of hydrogen-bond acceptors (Lipinski definition) is 5. The van der Waals surface area contributed by atoms with Gasteiger partial charge in [0.2, 0.25) is 5.89 Å². The van der Waals surface area contributed by atoms with Crippen molar-refractivity contribution in [2.75, 3.05) is 13.1 Å². The SMILES string of the molecule is CC(C)[C@@H](O)C1CCN(C(=O)c2coc(COc3ccccc3)n2)CC1. The number of carbonyl (C=O) groups is 1. The molecule has 0 spiro atoms. The number of oxazole rings is 1. The average molecular weight is 358 g/mol. The molecule has 1 fully saturated rings. The van der Waals surface area contributed by atoms with E-state index in [2.05, 4.69) is 4.98 Å². The number of nitrogens with zero attached hydrogens (tertiary/aromatic N) is 2. The number of likely N-dealkylation sites (tertiary alicyclic amines) is 1. The topological polar surface area (TPSA) is 75.8 Å². The van der Waals surface area contributed by atoms with Gasteiger partial charge in [-0.1, -0.05) is 32.0 Å². The zero-order valence-corrected chi connectivity index (χ0v) is 15.3. The van der Waals surface area contributed by atoms with E-state index in [0.29, 0.717) is 24.7 Å². The Kier molecular flexibility index (Phi) is 5.93. The minimum Gasteiger partial charge on any atom is -0.484 e. The molecular weight excluding hydrogens is 332 g/mol. The van der Waals surface area contributed by atoms with Crippen molar-refractivity contribution in [2.45, 2.75) is 39.4 Å². The zero-order chi connectivity index (χ0) is 18.5. The maximum Gasteiger partial charge on any atom is 0.275 e. The summed E-state index contributed by atoms with van der Waals surface area (Å²) >= 11 is 0. The van der Waals surface area contributed by atoms with Gasteiger partial charge in [-0.2, -0.15) is 0 Å². The van der Waals surface area contributed by atoms with Gasteiger partial charge in [-0.25, -0.2) is 4.98 Å². The first-order valence-electron chi connectivity index (χ1n) is 9.14. The smallest absolute Gasteiger partial charge is 0.275 e. The first kappa shape index (κ1) is 18.5. The largest absolute Gasteiger partial charge is 0.484 e. The van der Waals surface area contributed by atoms with Gasteiger partial charge in [0.25, 0.3) is 5.91 Å². The Balaban J connectivity index is 1.52. The van der Waals surface area contributed by atoms with Crippen LogP contribution in [0.5, 0.6) is 5.75 Å². The number of carbonyl (C=O) groups excluding carboxylic acids is 1. The highest BCUT2D eigenvalue weighted by Crippen LogP contribution is 2.25. The monoisotopic (exact) mass is 358 g/mol. The van der Waals surface area contributed by atoms with Crippen LogP contribution in [0.15, 0.2) is 41.0 Å². The maximum atomic E-state index is 12.6. The number of para-hydroxylation sites is 1. The van der Waals surface area contributed by atoms with E-state index in [0.717, 1.165) is 18.6 Å². The second-order valence-corrected chi connectivity index (χ2v) is 7.09. The summed E-state index contributed by atoms with van der Waals surface area (Å²) in [6.45, 7) is 5.50. The van der Waals surface area contributed by atoms with Crippen LogP contribution in [0.25, 0.3) is 0 Å². The van der Waals surface area contributed by atoms with E-state index < -0.39 is 0 Å². The van der Waals surface area contributed by atoms with Crippen LogP contribution in [0, 0.1) is 11.8 Å². The lowest BCUT2D eigenvalue weighted by Gasteiger charge is -2.35. The van der Waals surface area contributed by atoms with Crippen LogP contribution in [0.2, 0.25) is 0 Å². The van der Waals surface area contributed by atoms with Crippen LogP contribution >= 0.6 is 0 Å². The third-order valence-electron chi connectivity index (χ3n) is 4.87. The van der Waals surface area contributed by atoms with Crippen molar-refractivity contribution >= 4 is 5.91 Å². The van der Waals surface area contributed by atoms with Crippen LogP contribution in [0.4, 0.5) is 0 Å². The molecular formula is C20H26N2O4. The number of piperidine rings is 1. The fourth-order valence-corrected chi connectivity index (χ4v) is 3.29. The summed E-state index contributed by atoms with van der Waals surface area (Å²) in [7, 11) is 0. The fourth-order valence-electron chi connectivity index (χ4n) is 3.29. The normalized spacial score (nSPS) is 16.7. The number of amides is 1. The van der Waals surface area contributed by atoms with Gasteiger partial charge in [0.05, 0.1) is 6.10 Å². The average Bonchev–Trinajstić information content (AvgIpc) is 3.15. The number of ether oxygens (including phenoxy) is 1. The third kappa shape index (κ3) is 4.43. The molecule has 1 amide bonds. The highest BCUT2D eigenvalue weighted by atomic mass is 16.5. The van der Waals surface area contributed by atoms with Gasteiger partial charge >= 0.3 is 0 Å². The van der Waals surface area contributed by atoms with Crippen molar-refractivity contribution in [3.8, 4) is 5.75 Å². The Hall–Kier alpha value is -2.34. The molecule has 140 valence electrons. The molecule has 2 aromatic rings. The lowest BCUT2D eigenvalue weighted by atomic mass is 9.85. The molecule has 0 saturated carbocycles. The number of rotatable bonds is 6. The molecule has 0 bridgehead atoms. The van der Waals surface area contributed by atoms with Crippen molar-refractivity contribution in [3.63, 3.8) is 0 Å². The van der Waals surface area contributed by atoms with E-state index in [4.69, 9.17) is 9.15 Å². The summed E-state index contributed by atoms with van der Waals surface area (Å²) in [5, 5.41) is 10.2. The Bertz CT molecular complexity index is 706. The van der Waals surface area contributed by atoms with Crippen LogP contribution in [-0.2, 0) is 6.61 Å². The highest BCUT2D eigenvalue weighted by molar-refractivity contribution is 5.92. The van der Waals surface area contributed by atoms with Gasteiger partial charge in [0.15, 0.2) is 12.3 Å². The molecule has 0 aliphatic carbocycles. The van der Waals surface area contributed by atoms with Gasteiger partial charge in [0.1, 0.15) is 12.0 Å². The molecule has 1 N–H and O–H groups in total. The number of benzene rings is 1. The lowest BCUT2D eigenvalue weighted by molar-refractivity contribution is 0.0260. The lowest BCUT2D eigenvalue weighted by Crippen LogP contribution is -2.42. The summed E-state index contributed by atoms with van der Waals surface area (Å²) in [5.41, 5.74) is 0.305. The summed E-state index contributed by atoms with van der Waals surface area (Å²) in [5.74, 6) is 1.47. The Morgan fingerprint density at radius 2 is 2.00 bits per heavy atom. The van der Waals surface area contributed by atoms with Gasteiger partial charge in [-0.15, -0.1) is 0 Å². The van der Waals surface area contributed by atoms with Crippen molar-refractivity contribution < 1.29 is 19.1 Å². The zero-order valence-electron chi connectivity index (χ0n) is 15.3. The Morgan fingerprint density at radius 3 is 2.65 bits per heavy atom. The van der Waals surface area contributed by atoms with Crippen molar-refractivity contribution in [1.29, 1.82) is 0 Å². The van der Waals surface area contributed by atoms with E-state index in [-0.39, 0.29) is 30.5 Å². The van der Waals surface area contributed by atoms with Crippen LogP contribution in [0.3, 0.4) is 0 Å². The molecule has 3 rings (SSSR count). The van der Waals surface area contributed by atoms with Crippen LogP contribution in [-0.4, -0.2) is 40.1 Å². The molecule has 2 heterocycles. The second kappa shape index (κ2) is 8.36. The van der Waals surface area contributed by atoms with Gasteiger partial charge in [-0.05, 0) is 36.8 Å². The Labute approximate surface area is 153 Å². The molecule has 6 nitrogen and oxygen atoms in total. The molecule has 1 aliphatic rings. The highest BCUT2D eigenvalue weighted by Gasteiger charge is 2.30. The molecule has 6 heteroatoms. The summed E-state index contributed by atoms with van der Waals surface area (Å²) in [6, 6.07) is 9.40. The van der Waals surface area contributed by atoms with Gasteiger partial charge < -0.3 is 19.2 Å². The standard InChI is InChI=1S/C20H26N2O4/c1-14(2)19(23)15-8-10-22(11-9-15)20(24)17-12-26-18(21-17)13-25-16-6-4-3-5-7-16/h3-7,12,14-15,19,23H,8-11,13H2,1-2H3/t19-/m1/s1. The quantitative estimate of drug-likeness (QED) is 0.859. The number of aliphatic hydroxyl groups is 1. The molecule has 26 heavy (non-hydrogen) atoms. The minimum absolute atomic E-state index is 0.128. The maximum absolute atomic E-state index is 12.6. The van der Waals surface area contributed by atoms with E-state index in [1.807, 2.05) is 44.2 Å². The van der Waals surface area contributed by atoms with E-state index in [9.17, 15) is 9.90 Å². The Morgan fingerprint density at radius 1 is 1.31 bits per heavy atom. The number of aromatic nitrogens is 1. The molecule has 1 atom stereocenters. The van der Waals surface area contributed by atoms with E-state index in [1.165, 1.54) is 6.26 Å². The predicted octanol–water partition coefficient (Wildman–Crippen LogP) is 3.12. The summed E-state index contributed by atoms with van der Waals surface area (Å²) in [6.07, 6.45) is 2.71. The number of hydrogen-bond donors (Lipinski definition) is 1. The first-order chi connectivity index (χ1) is 12.5. The van der Waals surface area contributed by atoms with E-state index in [1.54, 1.807) is 4.90 Å². The molecule has 1 saturated heterocycles. The van der Waals surface area contributed by atoms with Gasteiger partial charge in [0, 0.05) is 13.1 Å². The van der Waals surface area contributed by atoms with Gasteiger partial charge in [-0.3, -0.25) is 4.79 Å². The molecule has 0 unspecified atom stereocenters.